The smallest absolute Gasteiger partial charge is 0.341 e. The number of nitrogens with one attached hydrogen (secondary N) is 1. The number of carboxylic acids is 1. The molecule has 0 aliphatic rings. The van der Waals surface area contributed by atoms with Crippen LogP contribution < -0.4 is 10.1 Å². The molecule has 0 saturated carbocycles. The zero-order chi connectivity index (χ0) is 20.4. The number of carboxylic acid groups (broad SMARTS) is 1. The Morgan fingerprint density at radius 2 is 1.93 bits per heavy atom. The topological polar surface area (TPSA) is 106 Å². The third-order valence-corrected chi connectivity index (χ3v) is 4.43. The molecule has 3 aromatic rings. The molecule has 1 aromatic carbocycles. The van der Waals surface area contributed by atoms with Gasteiger partial charge in [-0.2, -0.15) is 5.10 Å². The van der Waals surface area contributed by atoms with Gasteiger partial charge >= 0.3 is 5.97 Å². The van der Waals surface area contributed by atoms with Crippen LogP contribution in [0.3, 0.4) is 0 Å². The van der Waals surface area contributed by atoms with Gasteiger partial charge in [0.2, 0.25) is 0 Å². The molecule has 8 heteroatoms. The van der Waals surface area contributed by atoms with Crippen molar-refractivity contribution in [3.8, 4) is 5.75 Å². The quantitative estimate of drug-likeness (QED) is 0.679. The third-order valence-electron chi connectivity index (χ3n) is 4.43. The normalized spacial score (nSPS) is 12.0. The van der Waals surface area contributed by atoms with Crippen LogP contribution in [0, 0.1) is 13.8 Å². The molecule has 2 aromatic heterocycles. The number of hydrogen-bond acceptors (Lipinski definition) is 5. The van der Waals surface area contributed by atoms with Crippen molar-refractivity contribution >= 4 is 22.9 Å². The van der Waals surface area contributed by atoms with Gasteiger partial charge in [0.25, 0.3) is 5.91 Å². The summed E-state index contributed by atoms with van der Waals surface area (Å²) in [7, 11) is 1.81. The van der Waals surface area contributed by atoms with Crippen molar-refractivity contribution in [2.24, 2.45) is 7.05 Å². The summed E-state index contributed by atoms with van der Waals surface area (Å²) in [5.41, 5.74) is 3.59. The molecule has 1 unspecified atom stereocenters. The van der Waals surface area contributed by atoms with Crippen molar-refractivity contribution in [2.45, 2.75) is 26.8 Å². The summed E-state index contributed by atoms with van der Waals surface area (Å²) in [6, 6.07) is 8.47. The van der Waals surface area contributed by atoms with E-state index in [2.05, 4.69) is 15.4 Å². The molecule has 2 N–H and O–H groups in total. The first-order valence-corrected chi connectivity index (χ1v) is 8.82. The number of carbonyl (C=O) groups is 2. The van der Waals surface area contributed by atoms with Crippen LogP contribution in [0.4, 0.5) is 0 Å². The fourth-order valence-corrected chi connectivity index (χ4v) is 3.10. The second-order valence-electron chi connectivity index (χ2n) is 6.67. The lowest BCUT2D eigenvalue weighted by Gasteiger charge is -2.16. The molecule has 3 rings (SSSR count). The summed E-state index contributed by atoms with van der Waals surface area (Å²) in [6.45, 7) is 5.19. The average Bonchev–Trinajstić information content (AvgIpc) is 2.93. The number of pyridine rings is 1. The van der Waals surface area contributed by atoms with Crippen molar-refractivity contribution < 1.29 is 19.4 Å². The highest BCUT2D eigenvalue weighted by molar-refractivity contribution is 6.06. The summed E-state index contributed by atoms with van der Waals surface area (Å²) in [6.07, 6.45) is 0. The molecule has 0 bridgehead atoms. The van der Waals surface area contributed by atoms with E-state index in [1.165, 1.54) is 0 Å². The number of fused-ring (bicyclic) bond motifs is 1. The molecular formula is C20H22N4O4. The number of aromatic nitrogens is 3. The Kier molecular flexibility index (Phi) is 5.30. The Morgan fingerprint density at radius 1 is 1.25 bits per heavy atom. The molecule has 0 spiro atoms. The number of amides is 1. The third kappa shape index (κ3) is 3.95. The molecule has 0 radical (unpaired) electrons. The molecule has 1 atom stereocenters. The maximum atomic E-state index is 12.9. The Bertz CT molecular complexity index is 1040. The molecule has 0 aliphatic heterocycles. The van der Waals surface area contributed by atoms with Gasteiger partial charge in [0, 0.05) is 12.7 Å². The standard InChI is InChI=1S/C20H22N4O4/c1-11-9-16(18-13(3)23-24(4)19(18)21-11)20(27)22-12(2)14-5-7-15(8-6-14)28-10-17(25)26/h5-9,12H,10H2,1-4H3,(H,22,27)(H,25,26). The van der Waals surface area contributed by atoms with Crippen molar-refractivity contribution in [3.63, 3.8) is 0 Å². The number of aliphatic carboxylic acids is 1. The number of ether oxygens (including phenoxy) is 1. The summed E-state index contributed by atoms with van der Waals surface area (Å²) >= 11 is 0. The number of aryl methyl sites for hydroxylation is 3. The summed E-state index contributed by atoms with van der Waals surface area (Å²) in [5, 5.41) is 16.8. The van der Waals surface area contributed by atoms with Gasteiger partial charge in [-0.15, -0.1) is 0 Å². The molecule has 2 heterocycles. The van der Waals surface area contributed by atoms with Crippen LogP contribution in [-0.4, -0.2) is 38.4 Å². The van der Waals surface area contributed by atoms with E-state index in [-0.39, 0.29) is 11.9 Å². The van der Waals surface area contributed by atoms with E-state index in [0.29, 0.717) is 17.0 Å². The Balaban J connectivity index is 1.79. The molecule has 1 amide bonds. The van der Waals surface area contributed by atoms with Crippen LogP contribution >= 0.6 is 0 Å². The minimum absolute atomic E-state index is 0.203. The van der Waals surface area contributed by atoms with Crippen LogP contribution in [-0.2, 0) is 11.8 Å². The van der Waals surface area contributed by atoms with Gasteiger partial charge in [-0.05, 0) is 44.5 Å². The summed E-state index contributed by atoms with van der Waals surface area (Å²) in [4.78, 5) is 28.0. The first kappa shape index (κ1) is 19.3. The summed E-state index contributed by atoms with van der Waals surface area (Å²) in [5.74, 6) is -0.776. The molecule has 0 aliphatic carbocycles. The van der Waals surface area contributed by atoms with Crippen LogP contribution in [0.15, 0.2) is 30.3 Å². The summed E-state index contributed by atoms with van der Waals surface area (Å²) < 4.78 is 6.80. The molecule has 0 fully saturated rings. The zero-order valence-electron chi connectivity index (χ0n) is 16.2. The van der Waals surface area contributed by atoms with Gasteiger partial charge in [-0.1, -0.05) is 12.1 Å². The van der Waals surface area contributed by atoms with Crippen molar-refractivity contribution in [1.29, 1.82) is 0 Å². The fraction of sp³-hybridized carbons (Fsp3) is 0.300. The van der Waals surface area contributed by atoms with Crippen LogP contribution in [0.5, 0.6) is 5.75 Å². The minimum atomic E-state index is -1.03. The van der Waals surface area contributed by atoms with Gasteiger partial charge < -0.3 is 15.2 Å². The van der Waals surface area contributed by atoms with Crippen LogP contribution in [0.2, 0.25) is 0 Å². The van der Waals surface area contributed by atoms with Crippen molar-refractivity contribution in [3.05, 3.63) is 52.8 Å². The highest BCUT2D eigenvalue weighted by Crippen LogP contribution is 2.23. The van der Waals surface area contributed by atoms with E-state index < -0.39 is 12.6 Å². The van der Waals surface area contributed by atoms with E-state index in [1.54, 1.807) is 42.1 Å². The monoisotopic (exact) mass is 382 g/mol. The van der Waals surface area contributed by atoms with Crippen molar-refractivity contribution in [1.82, 2.24) is 20.1 Å². The molecule has 8 nitrogen and oxygen atoms in total. The van der Waals surface area contributed by atoms with E-state index in [1.807, 2.05) is 20.8 Å². The number of rotatable bonds is 6. The number of benzene rings is 1. The second-order valence-corrected chi connectivity index (χ2v) is 6.67. The zero-order valence-corrected chi connectivity index (χ0v) is 16.2. The average molecular weight is 382 g/mol. The Morgan fingerprint density at radius 3 is 2.57 bits per heavy atom. The van der Waals surface area contributed by atoms with E-state index in [0.717, 1.165) is 22.3 Å². The second kappa shape index (κ2) is 7.67. The molecule has 28 heavy (non-hydrogen) atoms. The largest absolute Gasteiger partial charge is 0.482 e. The predicted octanol–water partition coefficient (Wildman–Crippen LogP) is 2.54. The first-order valence-electron chi connectivity index (χ1n) is 8.82. The highest BCUT2D eigenvalue weighted by Gasteiger charge is 2.19. The van der Waals surface area contributed by atoms with Gasteiger partial charge in [-0.3, -0.25) is 9.48 Å². The van der Waals surface area contributed by atoms with E-state index in [9.17, 15) is 9.59 Å². The molecular weight excluding hydrogens is 360 g/mol. The lowest BCUT2D eigenvalue weighted by atomic mass is 10.1. The maximum absolute atomic E-state index is 12.9. The van der Waals surface area contributed by atoms with Crippen LogP contribution in [0.25, 0.3) is 11.0 Å². The SMILES string of the molecule is Cc1cc(C(=O)NC(C)c2ccc(OCC(=O)O)cc2)c2c(C)nn(C)c2n1. The first-order chi connectivity index (χ1) is 13.3. The molecule has 146 valence electrons. The highest BCUT2D eigenvalue weighted by atomic mass is 16.5. The van der Waals surface area contributed by atoms with E-state index >= 15 is 0 Å². The Labute approximate surface area is 162 Å². The number of hydrogen-bond donors (Lipinski definition) is 2. The maximum Gasteiger partial charge on any atom is 0.341 e. The number of nitrogens with zero attached hydrogens (tertiary/aromatic N) is 3. The van der Waals surface area contributed by atoms with Gasteiger partial charge in [0.1, 0.15) is 5.75 Å². The minimum Gasteiger partial charge on any atom is -0.482 e. The van der Waals surface area contributed by atoms with Gasteiger partial charge in [0.15, 0.2) is 12.3 Å². The van der Waals surface area contributed by atoms with Crippen molar-refractivity contribution in [2.75, 3.05) is 6.61 Å². The lowest BCUT2D eigenvalue weighted by molar-refractivity contribution is -0.139. The lowest BCUT2D eigenvalue weighted by Crippen LogP contribution is -2.27. The number of carbonyl (C=O) groups excluding carboxylic acids is 1. The van der Waals surface area contributed by atoms with Gasteiger partial charge in [-0.25, -0.2) is 9.78 Å². The Hall–Kier alpha value is -3.42. The molecule has 0 saturated heterocycles. The van der Waals surface area contributed by atoms with Crippen LogP contribution in [0.1, 0.15) is 40.3 Å². The fourth-order valence-electron chi connectivity index (χ4n) is 3.10. The predicted molar refractivity (Wildman–Crippen MR) is 103 cm³/mol. The van der Waals surface area contributed by atoms with Gasteiger partial charge in [0.05, 0.1) is 22.7 Å². The van der Waals surface area contributed by atoms with E-state index in [4.69, 9.17) is 9.84 Å².